The predicted octanol–water partition coefficient (Wildman–Crippen LogP) is 6.57. The Morgan fingerprint density at radius 1 is 0.925 bits per heavy atom. The van der Waals surface area contributed by atoms with E-state index in [1.54, 1.807) is 42.5 Å². The van der Waals surface area contributed by atoms with Gasteiger partial charge in [0.25, 0.3) is 11.7 Å². The molecule has 0 radical (unpaired) electrons. The summed E-state index contributed by atoms with van der Waals surface area (Å²) in [5, 5.41) is 21.6. The molecule has 1 atom stereocenters. The van der Waals surface area contributed by atoms with Crippen molar-refractivity contribution >= 4 is 34.7 Å². The number of aliphatic hydroxyl groups is 1. The highest BCUT2D eigenvalue weighted by Crippen LogP contribution is 2.44. The first-order chi connectivity index (χ1) is 19.3. The van der Waals surface area contributed by atoms with Crippen LogP contribution in [0.3, 0.4) is 0 Å². The minimum absolute atomic E-state index is 0.0231. The quantitative estimate of drug-likeness (QED) is 0.152. The third-order valence-corrected chi connectivity index (χ3v) is 7.05. The largest absolute Gasteiger partial charge is 0.508 e. The smallest absolute Gasteiger partial charge is 0.300 e. The van der Waals surface area contributed by atoms with Crippen molar-refractivity contribution in [1.29, 1.82) is 0 Å². The molecule has 2 N–H and O–H groups in total. The van der Waals surface area contributed by atoms with Crippen LogP contribution in [0, 0.1) is 6.92 Å². The van der Waals surface area contributed by atoms with Gasteiger partial charge in [0.15, 0.2) is 0 Å². The fourth-order valence-electron chi connectivity index (χ4n) is 4.73. The molecular weight excluding hydrogens is 530 g/mol. The van der Waals surface area contributed by atoms with Crippen molar-refractivity contribution < 1.29 is 29.3 Å². The van der Waals surface area contributed by atoms with Gasteiger partial charge in [0, 0.05) is 11.3 Å². The van der Waals surface area contributed by atoms with Crippen molar-refractivity contribution in [3.63, 3.8) is 0 Å². The molecule has 0 spiro atoms. The van der Waals surface area contributed by atoms with Gasteiger partial charge in [-0.25, -0.2) is 0 Å². The normalized spacial score (nSPS) is 16.3. The van der Waals surface area contributed by atoms with Crippen LogP contribution in [0.5, 0.6) is 17.2 Å². The fourth-order valence-corrected chi connectivity index (χ4v) is 4.98. The van der Waals surface area contributed by atoms with Crippen molar-refractivity contribution in [2.45, 2.75) is 19.6 Å². The minimum atomic E-state index is -0.973. The van der Waals surface area contributed by atoms with Gasteiger partial charge in [0.2, 0.25) is 0 Å². The Hall–Kier alpha value is -4.75. The zero-order valence-corrected chi connectivity index (χ0v) is 22.6. The summed E-state index contributed by atoms with van der Waals surface area (Å²) in [6.07, 6.45) is 0. The summed E-state index contributed by atoms with van der Waals surface area (Å²) in [4.78, 5) is 28.1. The Morgan fingerprint density at radius 3 is 2.27 bits per heavy atom. The van der Waals surface area contributed by atoms with E-state index in [2.05, 4.69) is 0 Å². The number of phenols is 1. The van der Waals surface area contributed by atoms with Gasteiger partial charge in [-0.05, 0) is 72.1 Å². The van der Waals surface area contributed by atoms with Gasteiger partial charge in [-0.1, -0.05) is 54.1 Å². The molecule has 1 unspecified atom stereocenters. The van der Waals surface area contributed by atoms with Crippen molar-refractivity contribution in [1.82, 2.24) is 0 Å². The molecule has 1 heterocycles. The van der Waals surface area contributed by atoms with Crippen molar-refractivity contribution in [3.05, 3.63) is 124 Å². The first-order valence-corrected chi connectivity index (χ1v) is 12.9. The summed E-state index contributed by atoms with van der Waals surface area (Å²) in [5.74, 6) is -0.923. The van der Waals surface area contributed by atoms with Crippen LogP contribution in [-0.2, 0) is 16.2 Å². The van der Waals surface area contributed by atoms with Gasteiger partial charge >= 0.3 is 0 Å². The number of amides is 1. The number of hydrogen-bond donors (Lipinski definition) is 2. The second kappa shape index (κ2) is 11.2. The molecule has 0 saturated carbocycles. The third kappa shape index (κ3) is 5.11. The second-order valence-corrected chi connectivity index (χ2v) is 9.74. The van der Waals surface area contributed by atoms with E-state index in [0.29, 0.717) is 34.9 Å². The van der Waals surface area contributed by atoms with Crippen LogP contribution < -0.4 is 14.4 Å². The molecule has 4 aromatic rings. The molecule has 4 aromatic carbocycles. The lowest BCUT2D eigenvalue weighted by atomic mass is 9.94. The van der Waals surface area contributed by atoms with E-state index in [4.69, 9.17) is 21.1 Å². The number of carbonyl (C=O) groups excluding carboxylic acids is 2. The molecule has 7 nitrogen and oxygen atoms in total. The van der Waals surface area contributed by atoms with Crippen LogP contribution in [0.2, 0.25) is 5.02 Å². The molecule has 1 aliphatic rings. The first-order valence-electron chi connectivity index (χ1n) is 12.5. The number of nitrogens with zero attached hydrogens (tertiary/aromatic N) is 1. The third-order valence-electron chi connectivity index (χ3n) is 6.75. The number of hydrogen-bond acceptors (Lipinski definition) is 6. The molecule has 202 valence electrons. The fraction of sp³-hybridized carbons (Fsp3) is 0.125. The summed E-state index contributed by atoms with van der Waals surface area (Å²) >= 11 is 6.34. The number of methoxy groups -OCH3 is 1. The van der Waals surface area contributed by atoms with Gasteiger partial charge in [-0.2, -0.15) is 0 Å². The van der Waals surface area contributed by atoms with Crippen molar-refractivity contribution in [2.24, 2.45) is 0 Å². The number of benzene rings is 4. The van der Waals surface area contributed by atoms with Gasteiger partial charge in [-0.15, -0.1) is 0 Å². The van der Waals surface area contributed by atoms with Crippen LogP contribution in [0.15, 0.2) is 96.6 Å². The summed E-state index contributed by atoms with van der Waals surface area (Å²) in [7, 11) is 1.48. The Balaban J connectivity index is 1.56. The molecule has 5 rings (SSSR count). The maximum absolute atomic E-state index is 13.4. The minimum Gasteiger partial charge on any atom is -0.508 e. The summed E-state index contributed by atoms with van der Waals surface area (Å²) in [6.45, 7) is 2.22. The van der Waals surface area contributed by atoms with Gasteiger partial charge in [0.1, 0.15) is 29.6 Å². The van der Waals surface area contributed by atoms with Crippen molar-refractivity contribution in [3.8, 4) is 17.2 Å². The van der Waals surface area contributed by atoms with Crippen molar-refractivity contribution in [2.75, 3.05) is 12.0 Å². The maximum atomic E-state index is 13.4. The number of aromatic hydroxyl groups is 1. The lowest BCUT2D eigenvalue weighted by Crippen LogP contribution is -2.29. The molecule has 1 aliphatic heterocycles. The molecule has 8 heteroatoms. The molecule has 1 amide bonds. The lowest BCUT2D eigenvalue weighted by molar-refractivity contribution is -0.132. The highest BCUT2D eigenvalue weighted by atomic mass is 35.5. The van der Waals surface area contributed by atoms with E-state index in [9.17, 15) is 19.8 Å². The van der Waals surface area contributed by atoms with E-state index in [0.717, 1.165) is 11.1 Å². The van der Waals surface area contributed by atoms with E-state index < -0.39 is 17.7 Å². The van der Waals surface area contributed by atoms with Crippen LogP contribution in [0.1, 0.15) is 28.3 Å². The predicted molar refractivity (Wildman–Crippen MR) is 153 cm³/mol. The van der Waals surface area contributed by atoms with Crippen LogP contribution in [-0.4, -0.2) is 29.0 Å². The number of halogens is 1. The topological polar surface area (TPSA) is 96.3 Å². The number of aliphatic hydroxyl groups excluding tert-OH is 1. The van der Waals surface area contributed by atoms with Crippen LogP contribution in [0.25, 0.3) is 5.76 Å². The Kier molecular flexibility index (Phi) is 7.49. The SMILES string of the molecule is COc1ccc(N2C(=O)C(=O)/C(=C(/O)c3ccc(OCc4ccccc4)c(C)c3)C2c2ccc(O)cc2)cc1Cl. The molecule has 1 saturated heterocycles. The average Bonchev–Trinajstić information content (AvgIpc) is 3.22. The number of ketones is 1. The average molecular weight is 556 g/mol. The van der Waals surface area contributed by atoms with E-state index >= 15 is 0 Å². The Morgan fingerprint density at radius 2 is 1.62 bits per heavy atom. The lowest BCUT2D eigenvalue weighted by Gasteiger charge is -2.26. The summed E-state index contributed by atoms with van der Waals surface area (Å²) < 4.78 is 11.2. The summed E-state index contributed by atoms with van der Waals surface area (Å²) in [6, 6.07) is 24.7. The van der Waals surface area contributed by atoms with Gasteiger partial charge in [-0.3, -0.25) is 14.5 Å². The molecule has 0 aromatic heterocycles. The first kappa shape index (κ1) is 26.8. The highest BCUT2D eigenvalue weighted by molar-refractivity contribution is 6.51. The number of phenolic OH excluding ortho intramolecular Hbond substituents is 1. The maximum Gasteiger partial charge on any atom is 0.300 e. The van der Waals surface area contributed by atoms with E-state index in [-0.39, 0.29) is 22.1 Å². The molecule has 40 heavy (non-hydrogen) atoms. The van der Waals surface area contributed by atoms with E-state index in [1.165, 1.54) is 30.2 Å². The molecule has 1 fully saturated rings. The van der Waals surface area contributed by atoms with E-state index in [1.807, 2.05) is 37.3 Å². The standard InChI is InChI=1S/C32H26ClNO6/c1-19-16-22(10-14-26(19)40-18-20-6-4-3-5-7-20)30(36)28-29(21-8-12-24(35)13-9-21)34(32(38)31(28)37)23-11-15-27(39-2)25(33)17-23/h3-17,29,35-36H,18H2,1-2H3/b30-28+. The zero-order valence-electron chi connectivity index (χ0n) is 21.8. The Bertz CT molecular complexity index is 1610. The monoisotopic (exact) mass is 555 g/mol. The Labute approximate surface area is 236 Å². The summed E-state index contributed by atoms with van der Waals surface area (Å²) in [5.41, 5.74) is 2.91. The number of anilines is 1. The molecule has 0 bridgehead atoms. The highest BCUT2D eigenvalue weighted by Gasteiger charge is 2.47. The van der Waals surface area contributed by atoms with Gasteiger partial charge in [0.05, 0.1) is 23.7 Å². The number of ether oxygens (including phenoxy) is 2. The van der Waals surface area contributed by atoms with Crippen LogP contribution >= 0.6 is 11.6 Å². The van der Waals surface area contributed by atoms with Crippen LogP contribution in [0.4, 0.5) is 5.69 Å². The second-order valence-electron chi connectivity index (χ2n) is 9.33. The number of carbonyl (C=O) groups is 2. The molecular formula is C32H26ClNO6. The molecule has 0 aliphatic carbocycles. The number of Topliss-reactive ketones (excluding diaryl/α,β-unsaturated/α-hetero) is 1. The van der Waals surface area contributed by atoms with Gasteiger partial charge < -0.3 is 19.7 Å². The number of aryl methyl sites for hydroxylation is 1. The number of rotatable bonds is 7. The zero-order chi connectivity index (χ0) is 28.4.